The van der Waals surface area contributed by atoms with Crippen molar-refractivity contribution < 1.29 is 20.1 Å². The summed E-state index contributed by atoms with van der Waals surface area (Å²) in [4.78, 5) is 10.2. The molecule has 0 aromatic heterocycles. The lowest BCUT2D eigenvalue weighted by molar-refractivity contribution is -0.131. The van der Waals surface area contributed by atoms with E-state index in [0.29, 0.717) is 0 Å². The van der Waals surface area contributed by atoms with Crippen molar-refractivity contribution in [2.75, 3.05) is 0 Å². The van der Waals surface area contributed by atoms with Crippen LogP contribution >= 0.6 is 0 Å². The second kappa shape index (κ2) is 15.8. The number of aliphatic carboxylic acids is 1. The molecule has 134 valence electrons. The number of carbonyl (C=O) groups is 1. The van der Waals surface area contributed by atoms with Gasteiger partial charge in [0.1, 0.15) is 5.76 Å². The van der Waals surface area contributed by atoms with Gasteiger partial charge >= 0.3 is 5.97 Å². The summed E-state index contributed by atoms with van der Waals surface area (Å²) in [6.07, 6.45) is 21.2. The smallest absolute Gasteiger partial charge is 0.328 e. The number of allylic oxidation sites excluding steroid dienone is 7. The van der Waals surface area contributed by atoms with Gasteiger partial charge in [0.2, 0.25) is 0 Å². The summed E-state index contributed by atoms with van der Waals surface area (Å²) in [5.41, 5.74) is 0. The molecule has 24 heavy (non-hydrogen) atoms. The molecule has 1 atom stereocenters. The van der Waals surface area contributed by atoms with Gasteiger partial charge in [-0.1, -0.05) is 81.9 Å². The van der Waals surface area contributed by atoms with Crippen molar-refractivity contribution in [1.82, 2.24) is 0 Å². The number of hydrogen-bond donors (Lipinski definition) is 3. The third-order valence-corrected chi connectivity index (χ3v) is 3.29. The topological polar surface area (TPSA) is 77.8 Å². The van der Waals surface area contributed by atoms with Crippen LogP contribution in [0.4, 0.5) is 0 Å². The third-order valence-electron chi connectivity index (χ3n) is 3.29. The van der Waals surface area contributed by atoms with E-state index >= 15 is 0 Å². The van der Waals surface area contributed by atoms with E-state index in [9.17, 15) is 15.0 Å². The largest absolute Gasteiger partial charge is 0.508 e. The van der Waals surface area contributed by atoms with Crippen molar-refractivity contribution in [3.05, 3.63) is 60.4 Å². The van der Waals surface area contributed by atoms with Gasteiger partial charge in [0, 0.05) is 6.08 Å². The van der Waals surface area contributed by atoms with Crippen LogP contribution in [0.2, 0.25) is 0 Å². The van der Waals surface area contributed by atoms with E-state index in [1.165, 1.54) is 50.3 Å². The predicted octanol–water partition coefficient (Wildman–Crippen LogP) is 4.85. The van der Waals surface area contributed by atoms with Gasteiger partial charge in [0.05, 0.1) is 6.10 Å². The second-order valence-electron chi connectivity index (χ2n) is 5.54. The van der Waals surface area contributed by atoms with E-state index in [1.807, 2.05) is 0 Å². The quantitative estimate of drug-likeness (QED) is 0.195. The van der Waals surface area contributed by atoms with Crippen LogP contribution in [0, 0.1) is 0 Å². The molecule has 4 heteroatoms. The lowest BCUT2D eigenvalue weighted by atomic mass is 10.1. The van der Waals surface area contributed by atoms with Gasteiger partial charge in [-0.15, -0.1) is 0 Å². The highest BCUT2D eigenvalue weighted by atomic mass is 16.4. The molecule has 0 aromatic rings. The molecule has 0 rings (SSSR count). The SMILES string of the molecule is CCCCCCCCC(O)C=CC=CC=CC(O)=CC=CC(=O)O. The lowest BCUT2D eigenvalue weighted by Gasteiger charge is -2.04. The molecule has 0 bridgehead atoms. The fourth-order valence-corrected chi connectivity index (χ4v) is 1.99. The number of hydrogen-bond acceptors (Lipinski definition) is 3. The van der Waals surface area contributed by atoms with Crippen LogP contribution in [-0.4, -0.2) is 27.4 Å². The van der Waals surface area contributed by atoms with Crippen LogP contribution in [0.15, 0.2) is 60.4 Å². The molecule has 0 radical (unpaired) electrons. The van der Waals surface area contributed by atoms with Crippen molar-refractivity contribution in [2.45, 2.75) is 58.0 Å². The van der Waals surface area contributed by atoms with Crippen molar-refractivity contribution >= 4 is 5.97 Å². The molecular weight excluding hydrogens is 304 g/mol. The average molecular weight is 334 g/mol. The van der Waals surface area contributed by atoms with Gasteiger partial charge in [0.25, 0.3) is 0 Å². The molecule has 1 unspecified atom stereocenters. The van der Waals surface area contributed by atoms with Gasteiger partial charge < -0.3 is 15.3 Å². The molecule has 0 fully saturated rings. The minimum Gasteiger partial charge on any atom is -0.508 e. The molecule has 3 N–H and O–H groups in total. The first-order chi connectivity index (χ1) is 11.6. The highest BCUT2D eigenvalue weighted by molar-refractivity contribution is 5.80. The maximum Gasteiger partial charge on any atom is 0.328 e. The van der Waals surface area contributed by atoms with E-state index in [2.05, 4.69) is 6.92 Å². The standard InChI is InChI=1S/C20H30O4/c1-2-3-4-5-6-9-13-18(21)14-10-7-8-11-15-19(22)16-12-17-20(23)24/h7-8,10-12,14-18,21-22H,2-6,9,13H2,1H3,(H,23,24). The van der Waals surface area contributed by atoms with Crippen molar-refractivity contribution in [3.63, 3.8) is 0 Å². The maximum absolute atomic E-state index is 10.2. The number of carboxylic acid groups (broad SMARTS) is 1. The molecule has 0 amide bonds. The van der Waals surface area contributed by atoms with Crippen molar-refractivity contribution in [1.29, 1.82) is 0 Å². The van der Waals surface area contributed by atoms with Gasteiger partial charge in [-0.3, -0.25) is 0 Å². The summed E-state index contributed by atoms with van der Waals surface area (Å²) in [6, 6.07) is 0. The first-order valence-electron chi connectivity index (χ1n) is 8.56. The maximum atomic E-state index is 10.2. The zero-order chi connectivity index (χ0) is 18.0. The summed E-state index contributed by atoms with van der Waals surface area (Å²) in [5.74, 6) is -1.10. The Morgan fingerprint density at radius 1 is 0.875 bits per heavy atom. The fourth-order valence-electron chi connectivity index (χ4n) is 1.99. The monoisotopic (exact) mass is 334 g/mol. The van der Waals surface area contributed by atoms with Gasteiger partial charge in [-0.2, -0.15) is 0 Å². The Morgan fingerprint density at radius 2 is 1.54 bits per heavy atom. The molecule has 0 aliphatic rings. The molecule has 0 aromatic carbocycles. The zero-order valence-corrected chi connectivity index (χ0v) is 14.5. The summed E-state index contributed by atoms with van der Waals surface area (Å²) in [6.45, 7) is 2.20. The molecule has 0 heterocycles. The van der Waals surface area contributed by atoms with Crippen LogP contribution in [0.5, 0.6) is 0 Å². The molecular formula is C20H30O4. The van der Waals surface area contributed by atoms with Crippen LogP contribution in [0.3, 0.4) is 0 Å². The third kappa shape index (κ3) is 16.3. The van der Waals surface area contributed by atoms with E-state index in [4.69, 9.17) is 5.11 Å². The summed E-state index contributed by atoms with van der Waals surface area (Å²) in [7, 11) is 0. The normalized spacial score (nSPS) is 14.5. The first kappa shape index (κ1) is 21.9. The van der Waals surface area contributed by atoms with Crippen LogP contribution < -0.4 is 0 Å². The molecule has 0 aliphatic carbocycles. The Kier molecular flexibility index (Phi) is 14.4. The minimum absolute atomic E-state index is 0.0377. The molecule has 4 nitrogen and oxygen atoms in total. The molecule has 0 saturated heterocycles. The molecule has 0 saturated carbocycles. The first-order valence-corrected chi connectivity index (χ1v) is 8.56. The lowest BCUT2D eigenvalue weighted by Crippen LogP contribution is -2.01. The van der Waals surface area contributed by atoms with Crippen LogP contribution in [0.25, 0.3) is 0 Å². The van der Waals surface area contributed by atoms with E-state index in [1.54, 1.807) is 30.4 Å². The highest BCUT2D eigenvalue weighted by Crippen LogP contribution is 2.09. The van der Waals surface area contributed by atoms with Crippen molar-refractivity contribution in [3.8, 4) is 0 Å². The van der Waals surface area contributed by atoms with Gasteiger partial charge in [0.15, 0.2) is 0 Å². The number of unbranched alkanes of at least 4 members (excludes halogenated alkanes) is 5. The Balaban J connectivity index is 3.89. The van der Waals surface area contributed by atoms with E-state index in [-0.39, 0.29) is 5.76 Å². The molecule has 0 aliphatic heterocycles. The predicted molar refractivity (Wildman–Crippen MR) is 98.9 cm³/mol. The van der Waals surface area contributed by atoms with Crippen molar-refractivity contribution in [2.24, 2.45) is 0 Å². The number of rotatable bonds is 13. The van der Waals surface area contributed by atoms with Crippen LogP contribution in [0.1, 0.15) is 51.9 Å². The summed E-state index contributed by atoms with van der Waals surface area (Å²) in [5, 5.41) is 27.6. The Hall–Kier alpha value is -2.07. The zero-order valence-electron chi connectivity index (χ0n) is 14.5. The second-order valence-corrected chi connectivity index (χ2v) is 5.54. The van der Waals surface area contributed by atoms with Gasteiger partial charge in [-0.25, -0.2) is 4.79 Å². The molecule has 0 spiro atoms. The number of aliphatic hydroxyl groups excluding tert-OH is 2. The van der Waals surface area contributed by atoms with Gasteiger partial charge in [-0.05, 0) is 18.6 Å². The van der Waals surface area contributed by atoms with E-state index in [0.717, 1.165) is 18.9 Å². The summed E-state index contributed by atoms with van der Waals surface area (Å²) < 4.78 is 0. The number of aliphatic hydroxyl groups is 2. The van der Waals surface area contributed by atoms with E-state index < -0.39 is 12.1 Å². The summed E-state index contributed by atoms with van der Waals surface area (Å²) >= 11 is 0. The van der Waals surface area contributed by atoms with Crippen LogP contribution in [-0.2, 0) is 4.79 Å². The minimum atomic E-state index is -1.06. The Labute approximate surface area is 145 Å². The number of carboxylic acids is 1. The Bertz CT molecular complexity index is 470. The average Bonchev–Trinajstić information content (AvgIpc) is 2.53. The fraction of sp³-hybridized carbons (Fsp3) is 0.450. The Morgan fingerprint density at radius 3 is 2.25 bits per heavy atom. The highest BCUT2D eigenvalue weighted by Gasteiger charge is 1.97.